The number of allylic oxidation sites excluding steroid dienone is 12. The van der Waals surface area contributed by atoms with Crippen LogP contribution in [0.25, 0.3) is 0 Å². The average molecular weight is 880 g/mol. The SMILES string of the molecule is CC/C=C/C=C/C=C\C=C/C=C/CCCCCC(=O)OC(CCCCC/C=C/CCCCCCCCC)CC(=O)NC(CO)C(O)CCCCCCCCCCCCCCCCC. The highest BCUT2D eigenvalue weighted by Gasteiger charge is 2.24. The van der Waals surface area contributed by atoms with Crippen LogP contribution >= 0.6 is 0 Å². The van der Waals surface area contributed by atoms with E-state index in [0.29, 0.717) is 19.3 Å². The molecule has 63 heavy (non-hydrogen) atoms. The Balaban J connectivity index is 4.66. The fraction of sp³-hybridized carbons (Fsp3) is 0.754. The zero-order chi connectivity index (χ0) is 45.9. The number of carbonyl (C=O) groups is 2. The highest BCUT2D eigenvalue weighted by Crippen LogP contribution is 2.17. The number of unbranched alkanes of at least 4 members (excludes halogenated alkanes) is 27. The van der Waals surface area contributed by atoms with Gasteiger partial charge >= 0.3 is 5.97 Å². The molecule has 0 aliphatic heterocycles. The van der Waals surface area contributed by atoms with Gasteiger partial charge in [-0.2, -0.15) is 0 Å². The van der Waals surface area contributed by atoms with Crippen LogP contribution in [-0.2, 0) is 14.3 Å². The number of hydrogen-bond acceptors (Lipinski definition) is 5. The Hall–Kier alpha value is -2.70. The van der Waals surface area contributed by atoms with Gasteiger partial charge in [-0.25, -0.2) is 0 Å². The number of ether oxygens (including phenoxy) is 1. The summed E-state index contributed by atoms with van der Waals surface area (Å²) >= 11 is 0. The number of rotatable bonds is 47. The maximum atomic E-state index is 13.2. The van der Waals surface area contributed by atoms with Crippen molar-refractivity contribution in [2.24, 2.45) is 0 Å². The number of carbonyl (C=O) groups excluding carboxylic acids is 2. The second-order valence-corrected chi connectivity index (χ2v) is 18.0. The largest absolute Gasteiger partial charge is 0.462 e. The van der Waals surface area contributed by atoms with E-state index in [1.54, 1.807) is 0 Å². The molecule has 0 aromatic rings. The molecule has 0 rings (SSSR count). The standard InChI is InChI=1S/C57H101NO5/c1-4-7-10-13-16-19-22-25-28-31-34-37-40-43-46-49-55(60)54(52-59)58-56(61)51-53(48-45-42-39-36-33-30-27-24-21-18-15-12-9-6-3)63-57(62)50-47-44-41-38-35-32-29-26-23-20-17-14-11-8-5-2/h8,11,14,17,20,23,26,29-30,32-33,35,53-55,59-60H,4-7,9-10,12-13,15-16,18-19,21-22,24-25,27-28,31,34,36-52H2,1-3H3,(H,58,61)/b11-8+,17-14+,23-20-,29-26-,33-30+,35-32+. The van der Waals surface area contributed by atoms with Crippen molar-refractivity contribution in [3.05, 3.63) is 72.9 Å². The van der Waals surface area contributed by atoms with Crippen LogP contribution in [-0.4, -0.2) is 46.9 Å². The fourth-order valence-electron chi connectivity index (χ4n) is 7.86. The van der Waals surface area contributed by atoms with Crippen molar-refractivity contribution in [3.63, 3.8) is 0 Å². The molecule has 0 aromatic heterocycles. The Bertz CT molecular complexity index is 1170. The van der Waals surface area contributed by atoms with Crippen LogP contribution in [0.2, 0.25) is 0 Å². The van der Waals surface area contributed by atoms with Crippen LogP contribution < -0.4 is 5.32 Å². The van der Waals surface area contributed by atoms with Gasteiger partial charge in [0.05, 0.1) is 25.2 Å². The normalized spacial score (nSPS) is 13.8. The molecule has 3 atom stereocenters. The van der Waals surface area contributed by atoms with E-state index in [1.165, 1.54) is 122 Å². The summed E-state index contributed by atoms with van der Waals surface area (Å²) in [5, 5.41) is 23.8. The molecule has 3 N–H and O–H groups in total. The van der Waals surface area contributed by atoms with Crippen LogP contribution in [0.15, 0.2) is 72.9 Å². The lowest BCUT2D eigenvalue weighted by atomic mass is 10.0. The predicted octanol–water partition coefficient (Wildman–Crippen LogP) is 16.2. The minimum absolute atomic E-state index is 0.0476. The smallest absolute Gasteiger partial charge is 0.306 e. The maximum absolute atomic E-state index is 13.2. The minimum Gasteiger partial charge on any atom is -0.462 e. The first-order valence-electron chi connectivity index (χ1n) is 26.7. The Kier molecular flexibility index (Phi) is 48.1. The van der Waals surface area contributed by atoms with Crippen molar-refractivity contribution in [2.75, 3.05) is 6.61 Å². The second kappa shape index (κ2) is 50.3. The van der Waals surface area contributed by atoms with Crippen LogP contribution in [0.5, 0.6) is 0 Å². The van der Waals surface area contributed by atoms with Crippen molar-refractivity contribution in [1.82, 2.24) is 5.32 Å². The highest BCUT2D eigenvalue weighted by molar-refractivity contribution is 5.77. The van der Waals surface area contributed by atoms with Crippen LogP contribution in [0.1, 0.15) is 252 Å². The van der Waals surface area contributed by atoms with Gasteiger partial charge in [-0.3, -0.25) is 9.59 Å². The van der Waals surface area contributed by atoms with Gasteiger partial charge in [0.1, 0.15) is 6.10 Å². The molecule has 1 amide bonds. The summed E-state index contributed by atoms with van der Waals surface area (Å²) in [5.74, 6) is -0.537. The van der Waals surface area contributed by atoms with Crippen LogP contribution in [0.3, 0.4) is 0 Å². The third-order valence-corrected chi connectivity index (χ3v) is 11.9. The number of aliphatic hydroxyl groups is 2. The fourth-order valence-corrected chi connectivity index (χ4v) is 7.86. The van der Waals surface area contributed by atoms with Crippen LogP contribution in [0, 0.1) is 0 Å². The minimum atomic E-state index is -0.802. The molecular weight excluding hydrogens is 779 g/mol. The Morgan fingerprint density at radius 2 is 0.873 bits per heavy atom. The monoisotopic (exact) mass is 880 g/mol. The summed E-state index contributed by atoms with van der Waals surface area (Å²) in [5.41, 5.74) is 0. The van der Waals surface area contributed by atoms with Gasteiger partial charge in [-0.05, 0) is 70.6 Å². The molecule has 364 valence electrons. The third-order valence-electron chi connectivity index (χ3n) is 11.9. The second-order valence-electron chi connectivity index (χ2n) is 18.0. The topological polar surface area (TPSA) is 95.9 Å². The highest BCUT2D eigenvalue weighted by atomic mass is 16.5. The van der Waals surface area contributed by atoms with E-state index in [1.807, 2.05) is 36.5 Å². The first kappa shape index (κ1) is 60.3. The van der Waals surface area contributed by atoms with Crippen molar-refractivity contribution in [3.8, 4) is 0 Å². The molecule has 0 spiro atoms. The molecule has 0 aromatic carbocycles. The van der Waals surface area contributed by atoms with Crippen molar-refractivity contribution >= 4 is 11.9 Å². The van der Waals surface area contributed by atoms with E-state index in [0.717, 1.165) is 83.5 Å². The van der Waals surface area contributed by atoms with E-state index in [4.69, 9.17) is 4.74 Å². The van der Waals surface area contributed by atoms with Crippen molar-refractivity contribution in [1.29, 1.82) is 0 Å². The van der Waals surface area contributed by atoms with E-state index in [-0.39, 0.29) is 24.9 Å². The van der Waals surface area contributed by atoms with Gasteiger partial charge < -0.3 is 20.3 Å². The van der Waals surface area contributed by atoms with E-state index in [2.05, 4.69) is 62.5 Å². The zero-order valence-electron chi connectivity index (χ0n) is 41.4. The molecule has 0 radical (unpaired) electrons. The molecule has 0 aliphatic carbocycles. The first-order chi connectivity index (χ1) is 31.0. The summed E-state index contributed by atoms with van der Waals surface area (Å²) in [6.07, 6.45) is 63.9. The van der Waals surface area contributed by atoms with E-state index in [9.17, 15) is 19.8 Å². The van der Waals surface area contributed by atoms with Gasteiger partial charge in [0.2, 0.25) is 5.91 Å². The Morgan fingerprint density at radius 1 is 0.476 bits per heavy atom. The summed E-state index contributed by atoms with van der Waals surface area (Å²) < 4.78 is 5.91. The molecule has 0 fully saturated rings. The molecule has 3 unspecified atom stereocenters. The van der Waals surface area contributed by atoms with E-state index < -0.39 is 18.2 Å². The maximum Gasteiger partial charge on any atom is 0.306 e. The van der Waals surface area contributed by atoms with Gasteiger partial charge in [0.15, 0.2) is 0 Å². The van der Waals surface area contributed by atoms with Gasteiger partial charge in [-0.1, -0.05) is 241 Å². The molecule has 0 bridgehead atoms. The molecule has 0 saturated carbocycles. The molecule has 0 aliphatic rings. The summed E-state index contributed by atoms with van der Waals surface area (Å²) in [4.78, 5) is 26.2. The predicted molar refractivity (Wildman–Crippen MR) is 273 cm³/mol. The lowest BCUT2D eigenvalue weighted by molar-refractivity contribution is -0.151. The summed E-state index contributed by atoms with van der Waals surface area (Å²) in [6.45, 7) is 6.33. The molecule has 6 nitrogen and oxygen atoms in total. The lowest BCUT2D eigenvalue weighted by Gasteiger charge is -2.24. The number of esters is 1. The Morgan fingerprint density at radius 3 is 1.37 bits per heavy atom. The first-order valence-corrected chi connectivity index (χ1v) is 26.7. The summed E-state index contributed by atoms with van der Waals surface area (Å²) in [7, 11) is 0. The number of hydrogen-bond donors (Lipinski definition) is 3. The average Bonchev–Trinajstić information content (AvgIpc) is 3.28. The molecule has 0 heterocycles. The summed E-state index contributed by atoms with van der Waals surface area (Å²) in [6, 6.07) is -0.718. The third kappa shape index (κ3) is 45.7. The van der Waals surface area contributed by atoms with Crippen LogP contribution in [0.4, 0.5) is 0 Å². The molecule has 0 saturated heterocycles. The molecule has 6 heteroatoms. The zero-order valence-corrected chi connectivity index (χ0v) is 41.4. The van der Waals surface area contributed by atoms with Crippen molar-refractivity contribution in [2.45, 2.75) is 270 Å². The number of aliphatic hydroxyl groups excluding tert-OH is 2. The lowest BCUT2D eigenvalue weighted by Crippen LogP contribution is -2.46. The number of amides is 1. The number of nitrogens with one attached hydrogen (secondary N) is 1. The molecular formula is C57H101NO5. The van der Waals surface area contributed by atoms with Crippen molar-refractivity contribution < 1.29 is 24.5 Å². The quantitative estimate of drug-likeness (QED) is 0.0245. The van der Waals surface area contributed by atoms with Gasteiger partial charge in [0, 0.05) is 6.42 Å². The Labute approximate surface area is 390 Å². The van der Waals surface area contributed by atoms with Gasteiger partial charge in [-0.15, -0.1) is 0 Å². The van der Waals surface area contributed by atoms with E-state index >= 15 is 0 Å². The van der Waals surface area contributed by atoms with Gasteiger partial charge in [0.25, 0.3) is 0 Å².